The van der Waals surface area contributed by atoms with Gasteiger partial charge in [0.25, 0.3) is 0 Å². The van der Waals surface area contributed by atoms with Crippen molar-refractivity contribution in [1.29, 1.82) is 0 Å². The van der Waals surface area contributed by atoms with Crippen molar-refractivity contribution in [2.45, 2.75) is 91.4 Å². The van der Waals surface area contributed by atoms with Gasteiger partial charge in [-0.05, 0) is 18.3 Å². The van der Waals surface area contributed by atoms with Gasteiger partial charge in [0.2, 0.25) is 16.3 Å². The monoisotopic (exact) mass is 410 g/mol. The fourth-order valence-electron chi connectivity index (χ4n) is 2.44. The Bertz CT molecular complexity index is 448. The average molecular weight is 411 g/mol. The van der Waals surface area contributed by atoms with Gasteiger partial charge < -0.3 is 15.6 Å². The highest BCUT2D eigenvalue weighted by Gasteiger charge is 2.08. The van der Waals surface area contributed by atoms with Crippen LogP contribution in [0.2, 0.25) is 0 Å². The van der Waals surface area contributed by atoms with Crippen LogP contribution in [0.5, 0.6) is 0 Å². The largest absolute Gasteiger partial charge is 0.726 e. The van der Waals surface area contributed by atoms with Crippen molar-refractivity contribution in [3.05, 3.63) is 0 Å². The first-order valence-corrected chi connectivity index (χ1v) is 11.4. The lowest BCUT2D eigenvalue weighted by Crippen LogP contribution is -2.51. The van der Waals surface area contributed by atoms with E-state index in [9.17, 15) is 17.8 Å². The second-order valence-electron chi connectivity index (χ2n) is 8.02. The van der Waals surface area contributed by atoms with E-state index in [0.717, 1.165) is 33.0 Å². The summed E-state index contributed by atoms with van der Waals surface area (Å²) in [6.07, 6.45) is 13.4. The van der Waals surface area contributed by atoms with Crippen LogP contribution in [0.15, 0.2) is 0 Å². The van der Waals surface area contributed by atoms with Gasteiger partial charge in [0.05, 0.1) is 13.7 Å². The lowest BCUT2D eigenvalue weighted by Gasteiger charge is -2.17. The Balaban J connectivity index is 0. The zero-order valence-electron chi connectivity index (χ0n) is 17.8. The van der Waals surface area contributed by atoms with E-state index >= 15 is 0 Å². The molecule has 164 valence electrons. The second kappa shape index (κ2) is 17.4. The van der Waals surface area contributed by atoms with E-state index in [2.05, 4.69) is 36.0 Å². The number of amides is 1. The van der Waals surface area contributed by atoms with Gasteiger partial charge in [-0.25, -0.2) is 8.42 Å². The number of quaternary nitrogens is 1. The van der Waals surface area contributed by atoms with Crippen LogP contribution in [0, 0.1) is 5.41 Å². The lowest BCUT2D eigenvalue weighted by molar-refractivity contribution is -0.367. The van der Waals surface area contributed by atoms with Crippen molar-refractivity contribution in [3.8, 4) is 0 Å². The van der Waals surface area contributed by atoms with E-state index in [4.69, 9.17) is 0 Å². The maximum Gasteiger partial charge on any atom is 0.219 e. The van der Waals surface area contributed by atoms with Crippen molar-refractivity contribution in [2.24, 2.45) is 5.41 Å². The minimum absolute atomic E-state index is 0.214. The van der Waals surface area contributed by atoms with Gasteiger partial charge in [-0.1, -0.05) is 65.7 Å². The topological polar surface area (TPSA) is 123 Å². The highest BCUT2D eigenvalue weighted by Crippen LogP contribution is 2.22. The Kier molecular flexibility index (Phi) is 18.4. The molecule has 1 amide bonds. The van der Waals surface area contributed by atoms with Crippen LogP contribution < -0.4 is 11.1 Å². The molecule has 0 saturated carbocycles. The molecule has 0 atom stereocenters. The number of unbranched alkanes of at least 4 members (excludes halogenated alkanes) is 7. The number of hydrogen-bond acceptors (Lipinski definition) is 5. The first-order chi connectivity index (χ1) is 12.5. The molecule has 0 radical (unpaired) electrons. The Morgan fingerprint density at radius 2 is 1.41 bits per heavy atom. The number of carbonyl (C=O) groups excluding carboxylic acids is 1. The second-order valence-corrected chi connectivity index (χ2v) is 9.17. The van der Waals surface area contributed by atoms with Crippen molar-refractivity contribution in [2.75, 3.05) is 20.2 Å². The summed E-state index contributed by atoms with van der Waals surface area (Å²) < 4.78 is 31.0. The zero-order valence-corrected chi connectivity index (χ0v) is 18.7. The highest BCUT2D eigenvalue weighted by atomic mass is 32.3. The third-order valence-corrected chi connectivity index (χ3v) is 4.44. The van der Waals surface area contributed by atoms with E-state index < -0.39 is 10.4 Å². The van der Waals surface area contributed by atoms with Crippen molar-refractivity contribution in [1.82, 2.24) is 5.32 Å². The van der Waals surface area contributed by atoms with Crippen molar-refractivity contribution < 1.29 is 27.7 Å². The van der Waals surface area contributed by atoms with E-state index in [0.29, 0.717) is 11.8 Å². The molecule has 0 aliphatic carbocycles. The van der Waals surface area contributed by atoms with Gasteiger partial charge in [-0.15, -0.1) is 0 Å². The molecule has 0 spiro atoms. The van der Waals surface area contributed by atoms with Crippen molar-refractivity contribution in [3.63, 3.8) is 0 Å². The SMILES string of the molecule is CC(C)(C)CCCCCCCCCCC(=O)NCCC[NH3+].COS(=O)(=O)[O-]. The molecule has 8 heteroatoms. The highest BCUT2D eigenvalue weighted by molar-refractivity contribution is 7.80. The minimum atomic E-state index is -4.41. The standard InChI is InChI=1S/C18H38N2O.CH4O4S/c1-18(2,3)14-11-9-7-5-4-6-8-10-13-17(21)20-16-12-15-19;1-5-6(2,3)4/h4-16,19H2,1-3H3,(H,20,21);1H3,(H,2,3,4). The summed E-state index contributed by atoms with van der Waals surface area (Å²) >= 11 is 0. The first kappa shape index (κ1) is 28.5. The Hall–Kier alpha value is -0.700. The fraction of sp³-hybridized carbons (Fsp3) is 0.947. The van der Waals surface area contributed by atoms with Crippen LogP contribution >= 0.6 is 0 Å². The van der Waals surface area contributed by atoms with E-state index in [1.165, 1.54) is 51.4 Å². The summed E-state index contributed by atoms with van der Waals surface area (Å²) in [7, 11) is -3.60. The molecule has 0 rings (SSSR count). The van der Waals surface area contributed by atoms with Gasteiger partial charge in [0.1, 0.15) is 0 Å². The molecule has 0 aromatic heterocycles. The Morgan fingerprint density at radius 1 is 0.963 bits per heavy atom. The van der Waals surface area contributed by atoms with Crippen LogP contribution in [0.3, 0.4) is 0 Å². The Labute approximate surface area is 166 Å². The summed E-state index contributed by atoms with van der Waals surface area (Å²) in [6, 6.07) is 0. The molecule has 0 aromatic carbocycles. The molecule has 0 aromatic rings. The van der Waals surface area contributed by atoms with Crippen LogP contribution in [-0.4, -0.2) is 39.1 Å². The minimum Gasteiger partial charge on any atom is -0.726 e. The van der Waals surface area contributed by atoms with Crippen LogP contribution in [-0.2, 0) is 19.4 Å². The molecular weight excluding hydrogens is 368 g/mol. The fourth-order valence-corrected chi connectivity index (χ4v) is 2.44. The number of nitrogens with one attached hydrogen (secondary N) is 1. The molecule has 0 fully saturated rings. The molecule has 0 heterocycles. The third-order valence-electron chi connectivity index (χ3n) is 4.03. The van der Waals surface area contributed by atoms with E-state index in [-0.39, 0.29) is 5.91 Å². The smallest absolute Gasteiger partial charge is 0.219 e. The molecule has 27 heavy (non-hydrogen) atoms. The average Bonchev–Trinajstić information content (AvgIpc) is 2.55. The summed E-state index contributed by atoms with van der Waals surface area (Å²) in [4.78, 5) is 11.5. The quantitative estimate of drug-likeness (QED) is 0.259. The van der Waals surface area contributed by atoms with E-state index in [1.807, 2.05) is 0 Å². The van der Waals surface area contributed by atoms with Gasteiger partial charge in [0, 0.05) is 19.4 Å². The summed E-state index contributed by atoms with van der Waals surface area (Å²) in [6.45, 7) is 8.65. The van der Waals surface area contributed by atoms with Crippen LogP contribution in [0.1, 0.15) is 91.4 Å². The molecular formula is C19H42N2O5S. The molecule has 0 bridgehead atoms. The number of carbonyl (C=O) groups is 1. The lowest BCUT2D eigenvalue weighted by atomic mass is 9.89. The number of rotatable bonds is 14. The predicted octanol–water partition coefficient (Wildman–Crippen LogP) is 2.77. The van der Waals surface area contributed by atoms with E-state index in [1.54, 1.807) is 0 Å². The maximum absolute atomic E-state index is 11.5. The van der Waals surface area contributed by atoms with Gasteiger partial charge in [-0.2, -0.15) is 0 Å². The molecule has 0 unspecified atom stereocenters. The molecule has 7 nitrogen and oxygen atoms in total. The molecule has 4 N–H and O–H groups in total. The van der Waals surface area contributed by atoms with Gasteiger partial charge in [-0.3, -0.25) is 8.98 Å². The van der Waals surface area contributed by atoms with Crippen molar-refractivity contribution >= 4 is 16.3 Å². The summed E-state index contributed by atoms with van der Waals surface area (Å²) in [5.41, 5.74) is 4.26. The maximum atomic E-state index is 11.5. The summed E-state index contributed by atoms with van der Waals surface area (Å²) in [5, 5.41) is 2.94. The van der Waals surface area contributed by atoms with Crippen LogP contribution in [0.4, 0.5) is 0 Å². The molecule has 0 saturated heterocycles. The number of hydrogen-bond donors (Lipinski definition) is 2. The van der Waals surface area contributed by atoms with Gasteiger partial charge >= 0.3 is 0 Å². The predicted molar refractivity (Wildman–Crippen MR) is 108 cm³/mol. The summed E-state index contributed by atoms with van der Waals surface area (Å²) in [5.74, 6) is 0.214. The molecule has 0 aliphatic rings. The van der Waals surface area contributed by atoms with Crippen LogP contribution in [0.25, 0.3) is 0 Å². The van der Waals surface area contributed by atoms with Gasteiger partial charge in [0.15, 0.2) is 0 Å². The zero-order chi connectivity index (χ0) is 21.2. The first-order valence-electron chi connectivity index (χ1n) is 10.1. The normalized spacial score (nSPS) is 11.6. The third kappa shape index (κ3) is 30.3. The Morgan fingerprint density at radius 3 is 1.81 bits per heavy atom. The molecule has 0 aliphatic heterocycles.